The minimum atomic E-state index is -0.322. The summed E-state index contributed by atoms with van der Waals surface area (Å²) < 4.78 is 11.4. The lowest BCUT2D eigenvalue weighted by Gasteiger charge is -2.20. The molecule has 3 heterocycles. The van der Waals surface area contributed by atoms with Crippen molar-refractivity contribution in [3.8, 4) is 5.75 Å². The Morgan fingerprint density at radius 2 is 2.08 bits per heavy atom. The van der Waals surface area contributed by atoms with Gasteiger partial charge in [-0.3, -0.25) is 9.78 Å². The number of hydrogen-bond acceptors (Lipinski definition) is 6. The van der Waals surface area contributed by atoms with Crippen LogP contribution in [0.4, 0.5) is 0 Å². The molecule has 8 heteroatoms. The van der Waals surface area contributed by atoms with E-state index in [1.807, 2.05) is 50.2 Å². The van der Waals surface area contributed by atoms with Gasteiger partial charge < -0.3 is 19.4 Å². The number of nitrogens with one attached hydrogen (secondary N) is 1. The second kappa shape index (κ2) is 11.1. The van der Waals surface area contributed by atoms with Gasteiger partial charge >= 0.3 is 0 Å². The predicted molar refractivity (Wildman–Crippen MR) is 142 cm³/mol. The summed E-state index contributed by atoms with van der Waals surface area (Å²) in [5, 5.41) is 4.25. The highest BCUT2D eigenvalue weighted by atomic mass is 35.5. The van der Waals surface area contributed by atoms with Crippen LogP contribution in [-0.4, -0.2) is 34.9 Å². The van der Waals surface area contributed by atoms with E-state index in [1.54, 1.807) is 30.6 Å². The van der Waals surface area contributed by atoms with E-state index in [9.17, 15) is 4.79 Å². The summed E-state index contributed by atoms with van der Waals surface area (Å²) in [5.41, 5.74) is 5.16. The van der Waals surface area contributed by atoms with Gasteiger partial charge in [0.1, 0.15) is 17.9 Å². The minimum absolute atomic E-state index is 0.181. The number of carbonyl (C=O) groups is 1. The first kappa shape index (κ1) is 25.0. The molecule has 36 heavy (non-hydrogen) atoms. The molecule has 0 aliphatic carbocycles. The maximum Gasteiger partial charge on any atom is 0.287 e. The van der Waals surface area contributed by atoms with E-state index in [0.29, 0.717) is 10.8 Å². The maximum atomic E-state index is 12.3. The number of hydrogen-bond donors (Lipinski definition) is 1. The van der Waals surface area contributed by atoms with Gasteiger partial charge in [0.05, 0.1) is 11.3 Å². The van der Waals surface area contributed by atoms with Crippen molar-refractivity contribution in [3.63, 3.8) is 0 Å². The maximum absolute atomic E-state index is 12.3. The van der Waals surface area contributed by atoms with Crippen LogP contribution in [0.15, 0.2) is 78.2 Å². The fourth-order valence-electron chi connectivity index (χ4n) is 3.91. The summed E-state index contributed by atoms with van der Waals surface area (Å²) in [4.78, 5) is 23.3. The lowest BCUT2D eigenvalue weighted by molar-refractivity contribution is 0.0923. The largest absolute Gasteiger partial charge is 0.487 e. The van der Waals surface area contributed by atoms with Gasteiger partial charge in [-0.25, -0.2) is 4.98 Å². The summed E-state index contributed by atoms with van der Waals surface area (Å²) in [5.74, 6) is 0.545. The Labute approximate surface area is 215 Å². The molecule has 7 nitrogen and oxygen atoms in total. The number of fused-ring (bicyclic) bond motifs is 1. The van der Waals surface area contributed by atoms with Crippen LogP contribution in [0.1, 0.15) is 32.9 Å². The molecule has 0 aliphatic heterocycles. The normalized spacial score (nSPS) is 11.4. The van der Waals surface area contributed by atoms with E-state index in [1.165, 1.54) is 6.26 Å². The number of aromatic nitrogens is 2. The van der Waals surface area contributed by atoms with Crippen molar-refractivity contribution in [3.05, 3.63) is 107 Å². The van der Waals surface area contributed by atoms with Crippen LogP contribution < -0.4 is 10.1 Å². The number of pyridine rings is 2. The summed E-state index contributed by atoms with van der Waals surface area (Å²) in [6.45, 7) is 6.22. The van der Waals surface area contributed by atoms with E-state index >= 15 is 0 Å². The first-order valence-corrected chi connectivity index (χ1v) is 11.7. The molecule has 1 N–H and O–H groups in total. The zero-order valence-electron chi connectivity index (χ0n) is 20.4. The Balaban J connectivity index is 1.63. The van der Waals surface area contributed by atoms with Crippen LogP contribution in [0.3, 0.4) is 0 Å². The van der Waals surface area contributed by atoms with E-state index in [4.69, 9.17) is 25.7 Å². The Hall–Kier alpha value is -4.10. The lowest BCUT2D eigenvalue weighted by atomic mass is 10.0. The Morgan fingerprint density at radius 1 is 1.25 bits per heavy atom. The molecule has 0 atom stereocenters. The fraction of sp³-hybridized carbons (Fsp3) is 0.179. The molecule has 4 rings (SSSR count). The average Bonchev–Trinajstić information content (AvgIpc) is 3.40. The second-order valence-electron chi connectivity index (χ2n) is 8.35. The molecule has 3 aromatic heterocycles. The van der Waals surface area contributed by atoms with Crippen molar-refractivity contribution in [2.24, 2.45) is 0 Å². The third-order valence-corrected chi connectivity index (χ3v) is 5.94. The summed E-state index contributed by atoms with van der Waals surface area (Å²) in [6.07, 6.45) is 8.43. The number of aryl methyl sites for hydroxylation is 1. The molecule has 0 aliphatic rings. The zero-order chi connectivity index (χ0) is 25.7. The molecule has 0 radical (unpaired) electrons. The van der Waals surface area contributed by atoms with E-state index in [0.717, 1.165) is 39.0 Å². The molecule has 1 amide bonds. The van der Waals surface area contributed by atoms with Gasteiger partial charge in [0.2, 0.25) is 0 Å². The van der Waals surface area contributed by atoms with Gasteiger partial charge in [-0.2, -0.15) is 0 Å². The Kier molecular flexibility index (Phi) is 7.71. The number of allylic oxidation sites excluding steroid dienone is 2. The minimum Gasteiger partial charge on any atom is -0.487 e. The van der Waals surface area contributed by atoms with Crippen LogP contribution in [0.25, 0.3) is 16.6 Å². The average molecular weight is 503 g/mol. The summed E-state index contributed by atoms with van der Waals surface area (Å²) in [6, 6.07) is 11.2. The molecule has 0 unspecified atom stereocenters. The number of halogens is 1. The summed E-state index contributed by atoms with van der Waals surface area (Å²) >= 11 is 6.48. The van der Waals surface area contributed by atoms with Crippen molar-refractivity contribution in [2.45, 2.75) is 20.1 Å². The molecular weight excluding hydrogens is 476 g/mol. The van der Waals surface area contributed by atoms with Crippen LogP contribution in [0.5, 0.6) is 5.75 Å². The standard InChI is InChI=1S/C28H27ClN4O3/c1-5-8-24(33(3)4)21-13-18(2)32-27-20(21)9-6-10-25(27)36-17-22-19(14-30-16-23(22)29)15-31-28(34)26-11-7-12-35-26/h5-14,16H,1,15,17H2,2-4H3,(H,31,34)/b24-8-. The molecule has 1 aromatic carbocycles. The topological polar surface area (TPSA) is 80.5 Å². The van der Waals surface area contributed by atoms with Crippen molar-refractivity contribution in [1.82, 2.24) is 20.2 Å². The van der Waals surface area contributed by atoms with Crippen LogP contribution in [0.2, 0.25) is 5.02 Å². The van der Waals surface area contributed by atoms with Crippen LogP contribution >= 0.6 is 11.6 Å². The quantitative estimate of drug-likeness (QED) is 0.292. The third kappa shape index (κ3) is 5.42. The number of rotatable bonds is 9. The first-order chi connectivity index (χ1) is 17.4. The number of amides is 1. The molecule has 0 saturated heterocycles. The molecule has 0 saturated carbocycles. The van der Waals surface area contributed by atoms with Crippen molar-refractivity contribution in [1.29, 1.82) is 0 Å². The number of benzene rings is 1. The van der Waals surface area contributed by atoms with E-state index < -0.39 is 0 Å². The lowest BCUT2D eigenvalue weighted by Crippen LogP contribution is -2.23. The highest BCUT2D eigenvalue weighted by molar-refractivity contribution is 6.31. The van der Waals surface area contributed by atoms with Gasteiger partial charge in [-0.05, 0) is 42.8 Å². The van der Waals surface area contributed by atoms with Gasteiger partial charge in [0.25, 0.3) is 5.91 Å². The highest BCUT2D eigenvalue weighted by Gasteiger charge is 2.16. The highest BCUT2D eigenvalue weighted by Crippen LogP contribution is 2.32. The molecule has 4 aromatic rings. The van der Waals surface area contributed by atoms with Gasteiger partial charge in [-0.15, -0.1) is 0 Å². The zero-order valence-corrected chi connectivity index (χ0v) is 21.2. The van der Waals surface area contributed by atoms with Crippen LogP contribution in [-0.2, 0) is 13.2 Å². The number of ether oxygens (including phenoxy) is 1. The number of furan rings is 1. The molecule has 0 fully saturated rings. The number of para-hydroxylation sites is 1. The third-order valence-electron chi connectivity index (χ3n) is 5.61. The monoisotopic (exact) mass is 502 g/mol. The Morgan fingerprint density at radius 3 is 2.81 bits per heavy atom. The first-order valence-electron chi connectivity index (χ1n) is 11.4. The van der Waals surface area contributed by atoms with Crippen molar-refractivity contribution in [2.75, 3.05) is 14.1 Å². The number of nitrogens with zero attached hydrogens (tertiary/aromatic N) is 3. The molecular formula is C28H27ClN4O3. The fourth-order valence-corrected chi connectivity index (χ4v) is 4.14. The predicted octanol–water partition coefficient (Wildman–Crippen LogP) is 5.78. The van der Waals surface area contributed by atoms with Gasteiger partial charge in [0.15, 0.2) is 5.76 Å². The second-order valence-corrected chi connectivity index (χ2v) is 8.76. The molecule has 0 spiro atoms. The molecule has 0 bridgehead atoms. The van der Waals surface area contributed by atoms with Crippen molar-refractivity contribution < 1.29 is 13.9 Å². The SMILES string of the molecule is C=C/C=C(/c1cc(C)nc2c(OCc3c(Cl)cncc3CNC(=O)c3ccco3)cccc12)N(C)C. The van der Waals surface area contributed by atoms with Crippen molar-refractivity contribution >= 4 is 34.1 Å². The van der Waals surface area contributed by atoms with E-state index in [2.05, 4.69) is 22.9 Å². The van der Waals surface area contributed by atoms with Gasteiger partial charge in [0, 0.05) is 60.9 Å². The van der Waals surface area contributed by atoms with E-state index in [-0.39, 0.29) is 24.8 Å². The smallest absolute Gasteiger partial charge is 0.287 e. The summed E-state index contributed by atoms with van der Waals surface area (Å²) in [7, 11) is 3.99. The molecule has 184 valence electrons. The number of carbonyl (C=O) groups excluding carboxylic acids is 1. The van der Waals surface area contributed by atoms with Crippen LogP contribution in [0, 0.1) is 6.92 Å². The Bertz CT molecular complexity index is 1430. The van der Waals surface area contributed by atoms with Gasteiger partial charge in [-0.1, -0.05) is 36.4 Å².